The van der Waals surface area contributed by atoms with Gasteiger partial charge in [-0.2, -0.15) is 0 Å². The zero-order chi connectivity index (χ0) is 17.1. The number of nitrogens with zero attached hydrogens (tertiary/aromatic N) is 3. The molecule has 0 saturated heterocycles. The average molecular weight is 467 g/mol. The molecule has 0 spiro atoms. The highest BCUT2D eigenvalue weighted by atomic mass is 127. The van der Waals surface area contributed by atoms with E-state index in [2.05, 4.69) is 60.1 Å². The van der Waals surface area contributed by atoms with E-state index in [9.17, 15) is 0 Å². The Morgan fingerprint density at radius 3 is 2.58 bits per heavy atom. The number of hydrogen-bond acceptors (Lipinski definition) is 4. The van der Waals surface area contributed by atoms with E-state index in [4.69, 9.17) is 0 Å². The molecule has 1 aromatic heterocycles. The molecule has 0 radical (unpaired) electrons. The van der Waals surface area contributed by atoms with Gasteiger partial charge in [-0.3, -0.25) is 0 Å². The fourth-order valence-corrected chi connectivity index (χ4v) is 3.12. The number of hydrogen-bond donors (Lipinski definition) is 2. The second kappa shape index (κ2) is 13.8. The summed E-state index contributed by atoms with van der Waals surface area (Å²) in [5.74, 6) is 0.885. The van der Waals surface area contributed by atoms with Gasteiger partial charge in [0, 0.05) is 23.7 Å². The highest BCUT2D eigenvalue weighted by Gasteiger charge is 2.07. The van der Waals surface area contributed by atoms with Gasteiger partial charge in [0.1, 0.15) is 5.01 Å². The second-order valence-electron chi connectivity index (χ2n) is 5.77. The standard InChI is InChI=1S/C17H33N5S.HI/c1-6-18-17(20-13-16-19-12-15(5)23-16)21-14(4)10-9-11-22(7-2)8-3;/h12,14H,6-11,13H2,1-5H3,(H2,18,20,21);1H. The molecular formula is C17H34IN5S. The molecule has 1 rings (SSSR count). The molecule has 1 unspecified atom stereocenters. The van der Waals surface area contributed by atoms with E-state index in [0.29, 0.717) is 12.6 Å². The van der Waals surface area contributed by atoms with Crippen LogP contribution in [0, 0.1) is 6.92 Å². The molecule has 0 bridgehead atoms. The number of thiazole rings is 1. The Morgan fingerprint density at radius 1 is 1.33 bits per heavy atom. The third kappa shape index (κ3) is 9.78. The summed E-state index contributed by atoms with van der Waals surface area (Å²) in [7, 11) is 0. The van der Waals surface area contributed by atoms with Crippen LogP contribution in [-0.4, -0.2) is 48.1 Å². The minimum atomic E-state index is 0. The molecule has 1 aromatic rings. The van der Waals surface area contributed by atoms with Crippen molar-refractivity contribution in [2.75, 3.05) is 26.2 Å². The molecule has 140 valence electrons. The van der Waals surface area contributed by atoms with Crippen LogP contribution in [0.4, 0.5) is 0 Å². The highest BCUT2D eigenvalue weighted by molar-refractivity contribution is 14.0. The molecule has 0 saturated carbocycles. The predicted octanol–water partition coefficient (Wildman–Crippen LogP) is 3.64. The molecule has 0 amide bonds. The number of nitrogens with one attached hydrogen (secondary N) is 2. The molecule has 24 heavy (non-hydrogen) atoms. The maximum Gasteiger partial charge on any atom is 0.191 e. The minimum Gasteiger partial charge on any atom is -0.357 e. The largest absolute Gasteiger partial charge is 0.357 e. The quantitative estimate of drug-likeness (QED) is 0.314. The molecule has 0 aromatic carbocycles. The van der Waals surface area contributed by atoms with E-state index in [-0.39, 0.29) is 24.0 Å². The summed E-state index contributed by atoms with van der Waals surface area (Å²) >= 11 is 1.71. The fraction of sp³-hybridized carbons (Fsp3) is 0.765. The van der Waals surface area contributed by atoms with Gasteiger partial charge in [0.05, 0.1) is 6.54 Å². The van der Waals surface area contributed by atoms with Gasteiger partial charge < -0.3 is 15.5 Å². The van der Waals surface area contributed by atoms with Crippen LogP contribution in [0.5, 0.6) is 0 Å². The van der Waals surface area contributed by atoms with Crippen LogP contribution in [-0.2, 0) is 6.54 Å². The number of guanidine groups is 1. The number of rotatable bonds is 10. The lowest BCUT2D eigenvalue weighted by Gasteiger charge is -2.21. The van der Waals surface area contributed by atoms with Crippen molar-refractivity contribution in [1.29, 1.82) is 0 Å². The first-order valence-corrected chi connectivity index (χ1v) is 9.59. The van der Waals surface area contributed by atoms with E-state index in [1.54, 1.807) is 11.3 Å². The summed E-state index contributed by atoms with van der Waals surface area (Å²) < 4.78 is 0. The highest BCUT2D eigenvalue weighted by Crippen LogP contribution is 2.11. The molecule has 2 N–H and O–H groups in total. The predicted molar refractivity (Wildman–Crippen MR) is 117 cm³/mol. The molecule has 0 fully saturated rings. The van der Waals surface area contributed by atoms with E-state index in [1.807, 2.05) is 6.20 Å². The lowest BCUT2D eigenvalue weighted by atomic mass is 10.2. The molecule has 1 heterocycles. The van der Waals surface area contributed by atoms with E-state index >= 15 is 0 Å². The first-order valence-electron chi connectivity index (χ1n) is 8.77. The van der Waals surface area contributed by atoms with Crippen LogP contribution in [0.25, 0.3) is 0 Å². The Balaban J connectivity index is 0.00000529. The Kier molecular flexibility index (Phi) is 13.6. The van der Waals surface area contributed by atoms with Crippen molar-refractivity contribution in [3.63, 3.8) is 0 Å². The molecule has 5 nitrogen and oxygen atoms in total. The average Bonchev–Trinajstić information content (AvgIpc) is 2.95. The van der Waals surface area contributed by atoms with Gasteiger partial charge in [-0.1, -0.05) is 13.8 Å². The van der Waals surface area contributed by atoms with E-state index in [0.717, 1.165) is 37.0 Å². The van der Waals surface area contributed by atoms with Gasteiger partial charge in [0.15, 0.2) is 5.96 Å². The van der Waals surface area contributed by atoms with Crippen molar-refractivity contribution in [3.05, 3.63) is 16.1 Å². The maximum absolute atomic E-state index is 4.64. The van der Waals surface area contributed by atoms with Crippen LogP contribution in [0.1, 0.15) is 50.4 Å². The summed E-state index contributed by atoms with van der Waals surface area (Å²) in [4.78, 5) is 12.7. The van der Waals surface area contributed by atoms with Crippen molar-refractivity contribution in [3.8, 4) is 0 Å². The van der Waals surface area contributed by atoms with E-state index in [1.165, 1.54) is 17.8 Å². The van der Waals surface area contributed by atoms with Gasteiger partial charge in [-0.15, -0.1) is 35.3 Å². The smallest absolute Gasteiger partial charge is 0.191 e. The summed E-state index contributed by atoms with van der Waals surface area (Å²) in [5.41, 5.74) is 0. The van der Waals surface area contributed by atoms with Crippen molar-refractivity contribution >= 4 is 41.3 Å². The summed E-state index contributed by atoms with van der Waals surface area (Å²) in [6.45, 7) is 15.8. The van der Waals surface area contributed by atoms with Crippen LogP contribution in [0.3, 0.4) is 0 Å². The number of aryl methyl sites for hydroxylation is 1. The van der Waals surface area contributed by atoms with Gasteiger partial charge in [0.25, 0.3) is 0 Å². The first kappa shape index (κ1) is 23.6. The molecule has 7 heteroatoms. The Morgan fingerprint density at radius 2 is 2.04 bits per heavy atom. The summed E-state index contributed by atoms with van der Waals surface area (Å²) in [6.07, 6.45) is 4.27. The van der Waals surface area contributed by atoms with Gasteiger partial charge >= 0.3 is 0 Å². The number of halogens is 1. The Hall–Kier alpha value is -0.410. The van der Waals surface area contributed by atoms with Crippen LogP contribution in [0.2, 0.25) is 0 Å². The zero-order valence-corrected chi connectivity index (χ0v) is 18.9. The zero-order valence-electron chi connectivity index (χ0n) is 15.8. The first-order chi connectivity index (χ1) is 11.1. The lowest BCUT2D eigenvalue weighted by molar-refractivity contribution is 0.292. The monoisotopic (exact) mass is 467 g/mol. The fourth-order valence-electron chi connectivity index (χ4n) is 2.41. The van der Waals surface area contributed by atoms with Crippen molar-refractivity contribution in [2.45, 2.75) is 60.0 Å². The van der Waals surface area contributed by atoms with E-state index < -0.39 is 0 Å². The van der Waals surface area contributed by atoms with Gasteiger partial charge in [-0.05, 0) is 53.2 Å². The maximum atomic E-state index is 4.64. The normalized spacial score (nSPS) is 12.8. The topological polar surface area (TPSA) is 52.6 Å². The molecule has 0 aliphatic rings. The minimum absolute atomic E-state index is 0. The summed E-state index contributed by atoms with van der Waals surface area (Å²) in [6, 6.07) is 0.418. The summed E-state index contributed by atoms with van der Waals surface area (Å²) in [5, 5.41) is 7.88. The number of aliphatic imine (C=N–C) groups is 1. The third-order valence-corrected chi connectivity index (χ3v) is 4.67. The molecular weight excluding hydrogens is 433 g/mol. The third-order valence-electron chi connectivity index (χ3n) is 3.77. The lowest BCUT2D eigenvalue weighted by Crippen LogP contribution is -2.42. The van der Waals surface area contributed by atoms with Crippen LogP contribution in [0.15, 0.2) is 11.2 Å². The van der Waals surface area contributed by atoms with Crippen molar-refractivity contribution in [1.82, 2.24) is 20.5 Å². The van der Waals surface area contributed by atoms with Crippen LogP contribution < -0.4 is 10.6 Å². The second-order valence-corrected chi connectivity index (χ2v) is 7.09. The Bertz CT molecular complexity index is 460. The molecule has 0 aliphatic carbocycles. The van der Waals surface area contributed by atoms with Gasteiger partial charge in [0.2, 0.25) is 0 Å². The Labute approximate surface area is 168 Å². The molecule has 0 aliphatic heterocycles. The number of aromatic nitrogens is 1. The van der Waals surface area contributed by atoms with Crippen LogP contribution >= 0.6 is 35.3 Å². The van der Waals surface area contributed by atoms with Gasteiger partial charge in [-0.25, -0.2) is 9.98 Å². The SMILES string of the molecule is CCNC(=NCc1ncc(C)s1)NC(C)CCCN(CC)CC.I. The molecule has 1 atom stereocenters. The van der Waals surface area contributed by atoms with Crippen molar-refractivity contribution in [2.24, 2.45) is 4.99 Å². The van der Waals surface area contributed by atoms with Crippen molar-refractivity contribution < 1.29 is 0 Å².